The Hall–Kier alpha value is -3.91. The standard InChI is InChI=1S/C27H29N7O/c1-32(2)18-8-10-34(11-9-18)19-5-6-20-23(13-19)31-26-21(27(28)35)14-22(30-25(20)26)16-4-7-24-17(12-16)15-29-33(24)3/h4-7,12-15,18,31H,8-11H2,1-3H3,(H2,28,35). The number of nitrogens with zero attached hydrogens (tertiary/aromatic N) is 5. The number of pyridine rings is 1. The Labute approximate surface area is 203 Å². The van der Waals surface area contributed by atoms with Crippen molar-refractivity contribution in [3.05, 3.63) is 54.2 Å². The van der Waals surface area contributed by atoms with Crippen LogP contribution in [0.2, 0.25) is 0 Å². The maximum atomic E-state index is 12.4. The molecule has 1 amide bonds. The largest absolute Gasteiger partial charge is 0.371 e. The molecule has 5 aromatic rings. The first-order chi connectivity index (χ1) is 16.9. The molecule has 8 nitrogen and oxygen atoms in total. The third-order valence-corrected chi connectivity index (χ3v) is 7.40. The molecule has 0 unspecified atom stereocenters. The minimum atomic E-state index is -0.473. The minimum absolute atomic E-state index is 0.445. The van der Waals surface area contributed by atoms with E-state index in [1.54, 1.807) is 6.07 Å². The summed E-state index contributed by atoms with van der Waals surface area (Å²) in [6, 6.07) is 14.9. The molecule has 2 aromatic carbocycles. The van der Waals surface area contributed by atoms with E-state index in [0.717, 1.165) is 58.8 Å². The highest BCUT2D eigenvalue weighted by atomic mass is 16.1. The highest BCUT2D eigenvalue weighted by Gasteiger charge is 2.22. The van der Waals surface area contributed by atoms with E-state index in [1.807, 2.05) is 36.1 Å². The van der Waals surface area contributed by atoms with Gasteiger partial charge in [0.1, 0.15) is 0 Å². The Kier molecular flexibility index (Phi) is 5.00. The van der Waals surface area contributed by atoms with Crippen LogP contribution in [0.5, 0.6) is 0 Å². The molecule has 0 atom stereocenters. The van der Waals surface area contributed by atoms with E-state index in [9.17, 15) is 4.79 Å². The quantitative estimate of drug-likeness (QED) is 0.418. The number of H-pyrrole nitrogens is 1. The zero-order valence-corrected chi connectivity index (χ0v) is 20.2. The lowest BCUT2D eigenvalue weighted by Gasteiger charge is -2.36. The van der Waals surface area contributed by atoms with Crippen molar-refractivity contribution in [2.75, 3.05) is 32.1 Å². The molecule has 178 valence electrons. The van der Waals surface area contributed by atoms with E-state index in [2.05, 4.69) is 52.2 Å². The number of aromatic nitrogens is 4. The number of benzene rings is 2. The monoisotopic (exact) mass is 467 g/mol. The number of aromatic amines is 1. The SMILES string of the molecule is CN(C)C1CCN(c2ccc3c(c2)[nH]c2c(C(N)=O)cc(-c4ccc5c(cnn5C)c4)nc23)CC1. The molecule has 1 saturated heterocycles. The van der Waals surface area contributed by atoms with E-state index in [1.165, 1.54) is 5.69 Å². The van der Waals surface area contributed by atoms with Crippen LogP contribution in [0.4, 0.5) is 5.69 Å². The van der Waals surface area contributed by atoms with Gasteiger partial charge in [0.2, 0.25) is 0 Å². The van der Waals surface area contributed by atoms with E-state index in [-0.39, 0.29) is 0 Å². The Morgan fingerprint density at radius 3 is 2.66 bits per heavy atom. The van der Waals surface area contributed by atoms with E-state index in [0.29, 0.717) is 22.8 Å². The molecule has 0 spiro atoms. The van der Waals surface area contributed by atoms with Crippen LogP contribution >= 0.6 is 0 Å². The number of nitrogens with two attached hydrogens (primary N) is 1. The van der Waals surface area contributed by atoms with Crippen molar-refractivity contribution >= 4 is 44.4 Å². The molecule has 0 radical (unpaired) electrons. The molecule has 8 heteroatoms. The summed E-state index contributed by atoms with van der Waals surface area (Å²) >= 11 is 0. The summed E-state index contributed by atoms with van der Waals surface area (Å²) in [5, 5.41) is 6.34. The van der Waals surface area contributed by atoms with Crippen molar-refractivity contribution in [3.63, 3.8) is 0 Å². The summed E-state index contributed by atoms with van der Waals surface area (Å²) in [5.74, 6) is -0.473. The van der Waals surface area contributed by atoms with Crippen molar-refractivity contribution in [2.45, 2.75) is 18.9 Å². The summed E-state index contributed by atoms with van der Waals surface area (Å²) < 4.78 is 1.84. The number of primary amides is 1. The van der Waals surface area contributed by atoms with Crippen LogP contribution in [0.3, 0.4) is 0 Å². The van der Waals surface area contributed by atoms with Gasteiger partial charge in [-0.25, -0.2) is 4.98 Å². The lowest BCUT2D eigenvalue weighted by atomic mass is 10.0. The fraction of sp³-hybridized carbons (Fsp3) is 0.296. The first kappa shape index (κ1) is 21.6. The molecule has 1 aliphatic heterocycles. The van der Waals surface area contributed by atoms with E-state index >= 15 is 0 Å². The van der Waals surface area contributed by atoms with Crippen LogP contribution in [0.15, 0.2) is 48.7 Å². The average Bonchev–Trinajstić information content (AvgIpc) is 3.42. The maximum absolute atomic E-state index is 12.4. The third-order valence-electron chi connectivity index (χ3n) is 7.40. The number of rotatable bonds is 4. The molecule has 0 aliphatic carbocycles. The van der Waals surface area contributed by atoms with Crippen LogP contribution in [0.1, 0.15) is 23.2 Å². The van der Waals surface area contributed by atoms with Crippen LogP contribution < -0.4 is 10.6 Å². The fourth-order valence-electron chi connectivity index (χ4n) is 5.35. The lowest BCUT2D eigenvalue weighted by molar-refractivity contribution is 0.100. The van der Waals surface area contributed by atoms with Crippen LogP contribution in [-0.4, -0.2) is 63.8 Å². The number of piperidine rings is 1. The predicted molar refractivity (Wildman–Crippen MR) is 141 cm³/mol. The van der Waals surface area contributed by atoms with E-state index in [4.69, 9.17) is 10.7 Å². The Balaban J connectivity index is 1.44. The number of nitrogens with one attached hydrogen (secondary N) is 1. The normalized spacial score (nSPS) is 15.1. The number of amides is 1. The molecule has 1 aliphatic rings. The van der Waals surface area contributed by atoms with Gasteiger partial charge in [-0.2, -0.15) is 5.10 Å². The molecule has 0 saturated carbocycles. The van der Waals surface area contributed by atoms with Gasteiger partial charge in [0, 0.05) is 48.2 Å². The number of anilines is 1. The number of hydrogen-bond donors (Lipinski definition) is 2. The van der Waals surface area contributed by atoms with Crippen molar-refractivity contribution in [3.8, 4) is 11.3 Å². The molecule has 35 heavy (non-hydrogen) atoms. The second-order valence-electron chi connectivity index (χ2n) is 9.72. The first-order valence-electron chi connectivity index (χ1n) is 12.0. The van der Waals surface area contributed by atoms with Gasteiger partial charge in [0.25, 0.3) is 5.91 Å². The number of fused-ring (bicyclic) bond motifs is 4. The summed E-state index contributed by atoms with van der Waals surface area (Å²) in [5.41, 5.74) is 12.5. The van der Waals surface area contributed by atoms with Crippen LogP contribution in [0.25, 0.3) is 44.1 Å². The molecule has 4 heterocycles. The molecule has 3 aromatic heterocycles. The second-order valence-corrected chi connectivity index (χ2v) is 9.72. The lowest BCUT2D eigenvalue weighted by Crippen LogP contribution is -2.41. The Morgan fingerprint density at radius 2 is 1.91 bits per heavy atom. The number of hydrogen-bond acceptors (Lipinski definition) is 5. The van der Waals surface area contributed by atoms with Crippen molar-refractivity contribution in [1.82, 2.24) is 24.6 Å². The van der Waals surface area contributed by atoms with Gasteiger partial charge in [-0.05, 0) is 63.3 Å². The van der Waals surface area contributed by atoms with Crippen molar-refractivity contribution in [2.24, 2.45) is 12.8 Å². The van der Waals surface area contributed by atoms with Gasteiger partial charge < -0.3 is 20.5 Å². The van der Waals surface area contributed by atoms with Gasteiger partial charge in [0.15, 0.2) is 0 Å². The zero-order valence-electron chi connectivity index (χ0n) is 20.2. The van der Waals surface area contributed by atoms with Gasteiger partial charge >= 0.3 is 0 Å². The molecule has 3 N–H and O–H groups in total. The fourth-order valence-corrected chi connectivity index (χ4v) is 5.35. The van der Waals surface area contributed by atoms with Crippen LogP contribution in [-0.2, 0) is 7.05 Å². The number of carbonyl (C=O) groups excluding carboxylic acids is 1. The smallest absolute Gasteiger partial charge is 0.250 e. The minimum Gasteiger partial charge on any atom is -0.371 e. The van der Waals surface area contributed by atoms with E-state index < -0.39 is 5.91 Å². The number of carbonyl (C=O) groups is 1. The van der Waals surface area contributed by atoms with Gasteiger partial charge in [-0.3, -0.25) is 9.48 Å². The topological polar surface area (TPSA) is 96.1 Å². The Bertz CT molecular complexity index is 1590. The van der Waals surface area contributed by atoms with Gasteiger partial charge in [-0.15, -0.1) is 0 Å². The van der Waals surface area contributed by atoms with Crippen molar-refractivity contribution in [1.29, 1.82) is 0 Å². The first-order valence-corrected chi connectivity index (χ1v) is 12.0. The zero-order chi connectivity index (χ0) is 24.3. The van der Waals surface area contributed by atoms with Crippen LogP contribution in [0, 0.1) is 0 Å². The number of aryl methyl sites for hydroxylation is 1. The summed E-state index contributed by atoms with van der Waals surface area (Å²) in [6.07, 6.45) is 4.13. The predicted octanol–water partition coefficient (Wildman–Crippen LogP) is 3.90. The Morgan fingerprint density at radius 1 is 1.11 bits per heavy atom. The third kappa shape index (κ3) is 3.61. The molecular formula is C27H29N7O. The molecule has 6 rings (SSSR count). The average molecular weight is 468 g/mol. The highest BCUT2D eigenvalue weighted by Crippen LogP contribution is 2.33. The molecule has 1 fully saturated rings. The van der Waals surface area contributed by atoms with Gasteiger partial charge in [-0.1, -0.05) is 6.07 Å². The summed E-state index contributed by atoms with van der Waals surface area (Å²) in [6.45, 7) is 2.06. The summed E-state index contributed by atoms with van der Waals surface area (Å²) in [4.78, 5) is 25.6. The highest BCUT2D eigenvalue weighted by molar-refractivity contribution is 6.14. The second kappa shape index (κ2) is 8.09. The summed E-state index contributed by atoms with van der Waals surface area (Å²) in [7, 11) is 6.23. The van der Waals surface area contributed by atoms with Crippen molar-refractivity contribution < 1.29 is 4.79 Å². The molecule has 0 bridgehead atoms. The maximum Gasteiger partial charge on any atom is 0.250 e. The molecular weight excluding hydrogens is 438 g/mol. The van der Waals surface area contributed by atoms with Gasteiger partial charge in [0.05, 0.1) is 39.5 Å².